The first-order valence-electron chi connectivity index (χ1n) is 10.5. The summed E-state index contributed by atoms with van der Waals surface area (Å²) in [4.78, 5) is 44.0. The number of amides is 2. The van der Waals surface area contributed by atoms with Crippen LogP contribution >= 0.6 is 11.6 Å². The highest BCUT2D eigenvalue weighted by molar-refractivity contribution is 6.30. The number of anilines is 2. The summed E-state index contributed by atoms with van der Waals surface area (Å²) >= 11 is 5.95. The molecule has 2 amide bonds. The molecule has 2 aliphatic heterocycles. The third-order valence-electron chi connectivity index (χ3n) is 5.94. The van der Waals surface area contributed by atoms with Gasteiger partial charge in [-0.25, -0.2) is 15.0 Å². The standard InChI is InChI=1S/C22H22ClN7O2/c23-17-1-3-18(4-2-17)30-13-16(11-21(30)31)22(32)28-9-7-27(8-10-28)19-12-20(26-14-25-19)29-6-5-24-15-29/h1-6,12,14-16H,7-11,13H2. The third-order valence-corrected chi connectivity index (χ3v) is 6.19. The molecule has 164 valence electrons. The first-order chi connectivity index (χ1) is 15.6. The monoisotopic (exact) mass is 451 g/mol. The second-order valence-corrected chi connectivity index (χ2v) is 8.33. The third kappa shape index (κ3) is 4.03. The van der Waals surface area contributed by atoms with E-state index in [0.29, 0.717) is 37.7 Å². The Morgan fingerprint density at radius 1 is 1.03 bits per heavy atom. The molecule has 9 nitrogen and oxygen atoms in total. The smallest absolute Gasteiger partial charge is 0.228 e. The van der Waals surface area contributed by atoms with Crippen LogP contribution in [0.5, 0.6) is 0 Å². The number of piperazine rings is 1. The van der Waals surface area contributed by atoms with Crippen LogP contribution in [-0.2, 0) is 9.59 Å². The molecule has 2 fully saturated rings. The molecule has 3 aromatic rings. The lowest BCUT2D eigenvalue weighted by molar-refractivity contribution is -0.136. The summed E-state index contributed by atoms with van der Waals surface area (Å²) in [5.41, 5.74) is 0.775. The molecule has 0 aliphatic carbocycles. The molecule has 2 aromatic heterocycles. The molecule has 0 spiro atoms. The van der Waals surface area contributed by atoms with E-state index in [9.17, 15) is 9.59 Å². The molecule has 32 heavy (non-hydrogen) atoms. The zero-order valence-electron chi connectivity index (χ0n) is 17.3. The van der Waals surface area contributed by atoms with Crippen molar-refractivity contribution < 1.29 is 9.59 Å². The Kier molecular flexibility index (Phi) is 5.48. The van der Waals surface area contributed by atoms with Gasteiger partial charge in [0.25, 0.3) is 0 Å². The van der Waals surface area contributed by atoms with Gasteiger partial charge in [-0.05, 0) is 24.3 Å². The molecular formula is C22H22ClN7O2. The number of imidazole rings is 1. The van der Waals surface area contributed by atoms with Crippen LogP contribution in [0, 0.1) is 5.92 Å². The summed E-state index contributed by atoms with van der Waals surface area (Å²) < 4.78 is 1.83. The molecule has 0 saturated carbocycles. The van der Waals surface area contributed by atoms with E-state index >= 15 is 0 Å². The fraction of sp³-hybridized carbons (Fsp3) is 0.318. The molecule has 0 N–H and O–H groups in total. The average Bonchev–Trinajstić information content (AvgIpc) is 3.50. The summed E-state index contributed by atoms with van der Waals surface area (Å²) in [6.07, 6.45) is 7.01. The van der Waals surface area contributed by atoms with Crippen LogP contribution in [0.4, 0.5) is 11.5 Å². The van der Waals surface area contributed by atoms with Crippen molar-refractivity contribution in [2.24, 2.45) is 5.92 Å². The molecule has 0 radical (unpaired) electrons. The van der Waals surface area contributed by atoms with Gasteiger partial charge in [0.2, 0.25) is 11.8 Å². The molecule has 1 aromatic carbocycles. The van der Waals surface area contributed by atoms with Crippen LogP contribution < -0.4 is 9.80 Å². The molecule has 5 rings (SSSR count). The van der Waals surface area contributed by atoms with Crippen LogP contribution in [0.1, 0.15) is 6.42 Å². The molecular weight excluding hydrogens is 430 g/mol. The molecule has 0 bridgehead atoms. The maximum Gasteiger partial charge on any atom is 0.228 e. The van der Waals surface area contributed by atoms with Gasteiger partial charge in [0.05, 0.1) is 5.92 Å². The number of carbonyl (C=O) groups excluding carboxylic acids is 2. The average molecular weight is 452 g/mol. The van der Waals surface area contributed by atoms with Gasteiger partial charge in [-0.1, -0.05) is 11.6 Å². The summed E-state index contributed by atoms with van der Waals surface area (Å²) in [5.74, 6) is 1.25. The van der Waals surface area contributed by atoms with E-state index in [-0.39, 0.29) is 24.2 Å². The van der Waals surface area contributed by atoms with Gasteiger partial charge in [-0.3, -0.25) is 14.2 Å². The van der Waals surface area contributed by atoms with Crippen LogP contribution in [0.3, 0.4) is 0 Å². The van der Waals surface area contributed by atoms with E-state index in [1.54, 1.807) is 29.6 Å². The maximum absolute atomic E-state index is 13.1. The lowest BCUT2D eigenvalue weighted by Crippen LogP contribution is -2.51. The van der Waals surface area contributed by atoms with Gasteiger partial charge in [0.1, 0.15) is 24.3 Å². The second kappa shape index (κ2) is 8.58. The Morgan fingerprint density at radius 3 is 2.50 bits per heavy atom. The van der Waals surface area contributed by atoms with Crippen molar-refractivity contribution in [2.75, 3.05) is 42.5 Å². The first-order valence-corrected chi connectivity index (χ1v) is 10.9. The molecule has 2 saturated heterocycles. The second-order valence-electron chi connectivity index (χ2n) is 7.90. The maximum atomic E-state index is 13.1. The minimum atomic E-state index is -0.323. The van der Waals surface area contributed by atoms with Crippen LogP contribution in [0.15, 0.2) is 55.4 Å². The number of benzene rings is 1. The lowest BCUT2D eigenvalue weighted by atomic mass is 10.1. The van der Waals surface area contributed by atoms with Gasteiger partial charge in [-0.2, -0.15) is 0 Å². The number of carbonyl (C=O) groups is 2. The van der Waals surface area contributed by atoms with Gasteiger partial charge < -0.3 is 14.7 Å². The number of hydrogen-bond donors (Lipinski definition) is 0. The van der Waals surface area contributed by atoms with Gasteiger partial charge in [0, 0.05) is 68.3 Å². The minimum absolute atomic E-state index is 0.0303. The Hall–Kier alpha value is -3.46. The number of halogens is 1. The van der Waals surface area contributed by atoms with Gasteiger partial charge in [0.15, 0.2) is 0 Å². The number of aromatic nitrogens is 4. The van der Waals surface area contributed by atoms with E-state index in [4.69, 9.17) is 11.6 Å². The van der Waals surface area contributed by atoms with E-state index in [1.807, 2.05) is 33.9 Å². The number of hydrogen-bond acceptors (Lipinski definition) is 6. The van der Waals surface area contributed by atoms with Crippen molar-refractivity contribution in [3.05, 3.63) is 60.4 Å². The van der Waals surface area contributed by atoms with E-state index in [0.717, 1.165) is 17.3 Å². The number of nitrogens with zero attached hydrogens (tertiary/aromatic N) is 7. The van der Waals surface area contributed by atoms with Gasteiger partial charge >= 0.3 is 0 Å². The van der Waals surface area contributed by atoms with Crippen LogP contribution in [-0.4, -0.2) is 69.0 Å². The van der Waals surface area contributed by atoms with E-state index in [2.05, 4.69) is 19.9 Å². The van der Waals surface area contributed by atoms with Crippen molar-refractivity contribution in [1.29, 1.82) is 0 Å². The Morgan fingerprint density at radius 2 is 1.78 bits per heavy atom. The highest BCUT2D eigenvalue weighted by Crippen LogP contribution is 2.28. The SMILES string of the molecule is O=C(C1CC(=O)N(c2ccc(Cl)cc2)C1)N1CCN(c2cc(-n3ccnc3)ncn2)CC1. The van der Waals surface area contributed by atoms with Crippen molar-refractivity contribution in [1.82, 2.24) is 24.4 Å². The molecule has 1 unspecified atom stereocenters. The summed E-state index contributed by atoms with van der Waals surface area (Å²) in [7, 11) is 0. The molecule has 4 heterocycles. The molecule has 10 heteroatoms. The van der Waals surface area contributed by atoms with Gasteiger partial charge in [-0.15, -0.1) is 0 Å². The molecule has 1 atom stereocenters. The fourth-order valence-corrected chi connectivity index (χ4v) is 4.33. The summed E-state index contributed by atoms with van der Waals surface area (Å²) in [6.45, 7) is 2.94. The predicted molar refractivity (Wildman–Crippen MR) is 120 cm³/mol. The first kappa shape index (κ1) is 20.4. The summed E-state index contributed by atoms with van der Waals surface area (Å²) in [6, 6.07) is 9.05. The zero-order chi connectivity index (χ0) is 22.1. The largest absolute Gasteiger partial charge is 0.353 e. The van der Waals surface area contributed by atoms with Crippen molar-refractivity contribution >= 4 is 34.9 Å². The highest BCUT2D eigenvalue weighted by atomic mass is 35.5. The highest BCUT2D eigenvalue weighted by Gasteiger charge is 2.38. The Bertz CT molecular complexity index is 1110. The summed E-state index contributed by atoms with van der Waals surface area (Å²) in [5, 5.41) is 0.617. The van der Waals surface area contributed by atoms with Crippen molar-refractivity contribution in [3.8, 4) is 5.82 Å². The zero-order valence-corrected chi connectivity index (χ0v) is 18.1. The van der Waals surface area contributed by atoms with Crippen LogP contribution in [0.25, 0.3) is 5.82 Å². The quantitative estimate of drug-likeness (QED) is 0.603. The lowest BCUT2D eigenvalue weighted by Gasteiger charge is -2.36. The van der Waals surface area contributed by atoms with Crippen molar-refractivity contribution in [2.45, 2.75) is 6.42 Å². The van der Waals surface area contributed by atoms with Crippen LogP contribution in [0.2, 0.25) is 5.02 Å². The van der Waals surface area contributed by atoms with Crippen molar-refractivity contribution in [3.63, 3.8) is 0 Å². The topological polar surface area (TPSA) is 87.5 Å². The normalized spacial score (nSPS) is 19.0. The Labute approximate surface area is 190 Å². The van der Waals surface area contributed by atoms with E-state index < -0.39 is 0 Å². The fourth-order valence-electron chi connectivity index (χ4n) is 4.20. The Balaban J connectivity index is 1.20. The molecule has 2 aliphatic rings. The predicted octanol–water partition coefficient (Wildman–Crippen LogP) is 2.02. The number of rotatable bonds is 4. The van der Waals surface area contributed by atoms with E-state index in [1.165, 1.54) is 6.33 Å². The minimum Gasteiger partial charge on any atom is -0.353 e.